The molecule has 35 heavy (non-hydrogen) atoms. The second-order valence-corrected chi connectivity index (χ2v) is 13.5. The summed E-state index contributed by atoms with van der Waals surface area (Å²) in [5.74, 6) is 0.715. The molecule has 0 aliphatic heterocycles. The van der Waals surface area contributed by atoms with Gasteiger partial charge in [0.05, 0.1) is 0 Å². The zero-order valence-corrected chi connectivity index (χ0v) is 23.9. The molecule has 0 saturated heterocycles. The Kier molecular flexibility index (Phi) is 7.89. The molecule has 0 spiro atoms. The first-order valence-electron chi connectivity index (χ1n) is 13.3. The van der Waals surface area contributed by atoms with Gasteiger partial charge in [0.1, 0.15) is 0 Å². The molecule has 0 amide bonds. The van der Waals surface area contributed by atoms with Crippen molar-refractivity contribution in [2.45, 2.75) is 92.9 Å². The molecule has 0 bridgehead atoms. The summed E-state index contributed by atoms with van der Waals surface area (Å²) in [5.41, 5.74) is 8.28. The largest absolute Gasteiger partial charge is 0.311 e. The summed E-state index contributed by atoms with van der Waals surface area (Å²) in [6, 6.07) is 27.3. The maximum atomic E-state index is 2.39. The van der Waals surface area contributed by atoms with Crippen molar-refractivity contribution in [1.82, 2.24) is 0 Å². The molecule has 0 aliphatic rings. The molecule has 0 fully saturated rings. The Hall–Kier alpha value is -2.54. The fourth-order valence-corrected chi connectivity index (χ4v) is 5.16. The molecule has 188 valence electrons. The summed E-state index contributed by atoms with van der Waals surface area (Å²) in [4.78, 5) is 2.38. The van der Waals surface area contributed by atoms with Crippen LogP contribution in [0.3, 0.4) is 0 Å². The van der Waals surface area contributed by atoms with Crippen LogP contribution < -0.4 is 4.90 Å². The van der Waals surface area contributed by atoms with E-state index in [0.29, 0.717) is 11.3 Å². The van der Waals surface area contributed by atoms with Gasteiger partial charge < -0.3 is 4.90 Å². The van der Waals surface area contributed by atoms with Crippen molar-refractivity contribution >= 4 is 17.1 Å². The lowest BCUT2D eigenvalue weighted by Gasteiger charge is -2.29. The Morgan fingerprint density at radius 2 is 0.886 bits per heavy atom. The molecule has 1 heteroatoms. The zero-order valence-electron chi connectivity index (χ0n) is 23.9. The van der Waals surface area contributed by atoms with E-state index in [9.17, 15) is 0 Å². The van der Waals surface area contributed by atoms with Crippen LogP contribution in [0.2, 0.25) is 0 Å². The first kappa shape index (κ1) is 27.1. The third-order valence-corrected chi connectivity index (χ3v) is 6.82. The number of anilines is 3. The summed E-state index contributed by atoms with van der Waals surface area (Å²) < 4.78 is 0. The van der Waals surface area contributed by atoms with Crippen LogP contribution in [-0.4, -0.2) is 0 Å². The summed E-state index contributed by atoms with van der Waals surface area (Å²) in [6.07, 6.45) is 2.34. The van der Waals surface area contributed by atoms with Crippen molar-refractivity contribution in [2.24, 2.45) is 11.3 Å². The highest BCUT2D eigenvalue weighted by molar-refractivity contribution is 5.76. The highest BCUT2D eigenvalue weighted by Crippen LogP contribution is 2.38. The lowest BCUT2D eigenvalue weighted by molar-refractivity contribution is 0.285. The smallest absolute Gasteiger partial charge is 0.0461 e. The predicted octanol–water partition coefficient (Wildman–Crippen LogP) is 10.4. The SMILES string of the molecule is CC(C)CC(C)(C)Cc1ccc(N(c2ccc(C(C)(C)C)cc2)c2ccc(C(C)(C)C)cc2)cc1. The van der Waals surface area contributed by atoms with Gasteiger partial charge in [-0.15, -0.1) is 0 Å². The summed E-state index contributed by atoms with van der Waals surface area (Å²) in [5, 5.41) is 0. The Morgan fingerprint density at radius 3 is 1.20 bits per heavy atom. The van der Waals surface area contributed by atoms with Crippen LogP contribution in [0.4, 0.5) is 17.1 Å². The topological polar surface area (TPSA) is 3.24 Å². The van der Waals surface area contributed by atoms with Gasteiger partial charge in [0, 0.05) is 17.1 Å². The summed E-state index contributed by atoms with van der Waals surface area (Å²) in [7, 11) is 0. The molecule has 0 aromatic heterocycles. The molecule has 0 unspecified atom stereocenters. The highest BCUT2D eigenvalue weighted by Gasteiger charge is 2.21. The first-order chi connectivity index (χ1) is 16.2. The van der Waals surface area contributed by atoms with Crippen molar-refractivity contribution in [3.63, 3.8) is 0 Å². The Bertz CT molecular complexity index is 1010. The second-order valence-electron chi connectivity index (χ2n) is 13.5. The molecule has 3 aromatic rings. The minimum Gasteiger partial charge on any atom is -0.311 e. The molecule has 0 heterocycles. The van der Waals surface area contributed by atoms with Crippen LogP contribution in [0, 0.1) is 11.3 Å². The Morgan fingerprint density at radius 1 is 0.543 bits per heavy atom. The van der Waals surface area contributed by atoms with Crippen LogP contribution in [0.1, 0.15) is 92.3 Å². The van der Waals surface area contributed by atoms with Gasteiger partial charge in [-0.3, -0.25) is 0 Å². The number of hydrogen-bond acceptors (Lipinski definition) is 1. The fourth-order valence-electron chi connectivity index (χ4n) is 5.16. The maximum Gasteiger partial charge on any atom is 0.0461 e. The number of benzene rings is 3. The Balaban J connectivity index is 1.99. The molecule has 3 aromatic carbocycles. The van der Waals surface area contributed by atoms with Crippen molar-refractivity contribution in [2.75, 3.05) is 4.90 Å². The van der Waals surface area contributed by atoms with Crippen molar-refractivity contribution in [1.29, 1.82) is 0 Å². The number of hydrogen-bond donors (Lipinski definition) is 0. The van der Waals surface area contributed by atoms with Gasteiger partial charge in [0.2, 0.25) is 0 Å². The maximum absolute atomic E-state index is 2.39. The van der Waals surface area contributed by atoms with Crippen LogP contribution in [-0.2, 0) is 17.3 Å². The molecule has 0 N–H and O–H groups in total. The summed E-state index contributed by atoms with van der Waals surface area (Å²) >= 11 is 0. The molecule has 0 aliphatic carbocycles. The molecule has 0 radical (unpaired) electrons. The normalized spacial score (nSPS) is 12.8. The fraction of sp³-hybridized carbons (Fsp3) is 0.471. The van der Waals surface area contributed by atoms with Crippen LogP contribution in [0.15, 0.2) is 72.8 Å². The molecule has 3 rings (SSSR count). The van der Waals surface area contributed by atoms with E-state index in [0.717, 1.165) is 6.42 Å². The van der Waals surface area contributed by atoms with Crippen LogP contribution >= 0.6 is 0 Å². The molecular weight excluding hydrogens is 422 g/mol. The van der Waals surface area contributed by atoms with Crippen molar-refractivity contribution in [3.8, 4) is 0 Å². The first-order valence-corrected chi connectivity index (χ1v) is 13.3. The molecular formula is C34H47N. The van der Waals surface area contributed by atoms with Gasteiger partial charge in [-0.05, 0) is 88.1 Å². The van der Waals surface area contributed by atoms with Gasteiger partial charge in [-0.1, -0.05) is 106 Å². The van der Waals surface area contributed by atoms with E-state index in [4.69, 9.17) is 0 Å². The molecule has 0 saturated carbocycles. The van der Waals surface area contributed by atoms with E-state index < -0.39 is 0 Å². The number of rotatable bonds is 7. The summed E-state index contributed by atoms with van der Waals surface area (Å²) in [6.45, 7) is 23.0. The predicted molar refractivity (Wildman–Crippen MR) is 155 cm³/mol. The van der Waals surface area contributed by atoms with E-state index in [-0.39, 0.29) is 10.8 Å². The zero-order chi connectivity index (χ0) is 26.0. The van der Waals surface area contributed by atoms with E-state index in [2.05, 4.69) is 147 Å². The highest BCUT2D eigenvalue weighted by atomic mass is 15.1. The van der Waals surface area contributed by atoms with Gasteiger partial charge in [-0.2, -0.15) is 0 Å². The quantitative estimate of drug-likeness (QED) is 0.332. The van der Waals surface area contributed by atoms with E-state index in [1.54, 1.807) is 0 Å². The standard InChI is InChI=1S/C34H47N/c1-25(2)23-34(9,10)24-26-11-17-29(18-12-26)35(30-19-13-27(14-20-30)32(3,4)5)31-21-15-28(16-22-31)33(6,7)8/h11-22,25H,23-24H2,1-10H3. The molecule has 0 atom stereocenters. The lowest BCUT2D eigenvalue weighted by atomic mass is 9.79. The van der Waals surface area contributed by atoms with E-state index in [1.807, 2.05) is 0 Å². The second kappa shape index (κ2) is 10.2. The van der Waals surface area contributed by atoms with Gasteiger partial charge >= 0.3 is 0 Å². The minimum absolute atomic E-state index is 0.141. The number of nitrogens with zero attached hydrogens (tertiary/aromatic N) is 1. The lowest BCUT2D eigenvalue weighted by Crippen LogP contribution is -2.18. The Labute approximate surface area is 215 Å². The van der Waals surface area contributed by atoms with Crippen molar-refractivity contribution in [3.05, 3.63) is 89.5 Å². The van der Waals surface area contributed by atoms with Crippen LogP contribution in [0.25, 0.3) is 0 Å². The van der Waals surface area contributed by atoms with Gasteiger partial charge in [-0.25, -0.2) is 0 Å². The van der Waals surface area contributed by atoms with Crippen molar-refractivity contribution < 1.29 is 0 Å². The van der Waals surface area contributed by atoms with Crippen LogP contribution in [0.5, 0.6) is 0 Å². The monoisotopic (exact) mass is 469 g/mol. The van der Waals surface area contributed by atoms with E-state index in [1.165, 1.54) is 40.2 Å². The third-order valence-electron chi connectivity index (χ3n) is 6.82. The van der Waals surface area contributed by atoms with Gasteiger partial charge in [0.15, 0.2) is 0 Å². The third kappa shape index (κ3) is 7.23. The van der Waals surface area contributed by atoms with Gasteiger partial charge in [0.25, 0.3) is 0 Å². The average molecular weight is 470 g/mol. The minimum atomic E-state index is 0.141. The average Bonchev–Trinajstić information content (AvgIpc) is 2.73. The van der Waals surface area contributed by atoms with E-state index >= 15 is 0 Å². The molecule has 1 nitrogen and oxygen atoms in total.